The molecule has 1 aromatic rings. The fourth-order valence-corrected chi connectivity index (χ4v) is 1.56. The summed E-state index contributed by atoms with van der Waals surface area (Å²) in [4.78, 5) is 0. The van der Waals surface area contributed by atoms with Gasteiger partial charge in [0.2, 0.25) is 0 Å². The summed E-state index contributed by atoms with van der Waals surface area (Å²) in [7, 11) is 0. The number of hydrogen-bond donors (Lipinski definition) is 0. The summed E-state index contributed by atoms with van der Waals surface area (Å²) in [5.74, 6) is -0.0993. The molecule has 2 radical (unpaired) electrons. The Kier molecular flexibility index (Phi) is 2.71. The number of benzene rings is 1. The van der Waals surface area contributed by atoms with Gasteiger partial charge < -0.3 is 0 Å². The van der Waals surface area contributed by atoms with Crippen LogP contribution in [-0.2, 0) is 4.44 Å². The number of aryl methyl sites for hydroxylation is 1. The van der Waals surface area contributed by atoms with E-state index in [0.29, 0.717) is 0 Å². The molecular weight excluding hydrogens is 234 g/mol. The van der Waals surface area contributed by atoms with Gasteiger partial charge in [0.05, 0.1) is 0 Å². The van der Waals surface area contributed by atoms with Gasteiger partial charge in [0.25, 0.3) is 0 Å². The molecule has 1 rings (SSSR count). The molecule has 0 fully saturated rings. The quantitative estimate of drug-likeness (QED) is 0.656. The Bertz CT molecular complexity index is 233. The molecule has 2 heteroatoms. The van der Waals surface area contributed by atoms with Crippen molar-refractivity contribution >= 4 is 22.5 Å². The first-order valence-corrected chi connectivity index (χ1v) is 5.52. The Labute approximate surface area is 73.5 Å². The van der Waals surface area contributed by atoms with Crippen molar-refractivity contribution in [1.29, 1.82) is 0 Å². The van der Waals surface area contributed by atoms with E-state index in [-0.39, 0.29) is 5.82 Å². The van der Waals surface area contributed by atoms with Crippen molar-refractivity contribution in [2.45, 2.75) is 11.4 Å². The first kappa shape index (κ1) is 8.05. The number of rotatable bonds is 1. The Hall–Kier alpha value is -0.0513. The predicted molar refractivity (Wildman–Crippen MR) is 42.0 cm³/mol. The van der Waals surface area contributed by atoms with Crippen LogP contribution in [0.4, 0.5) is 4.39 Å². The fraction of sp³-hybridized carbons (Fsp3) is 0.250. The molecule has 0 aliphatic heterocycles. The van der Waals surface area contributed by atoms with E-state index in [1.807, 2.05) is 12.1 Å². The molecule has 0 saturated carbocycles. The molecule has 0 bridgehead atoms. The maximum absolute atomic E-state index is 12.6. The molecule has 1 aromatic carbocycles. The van der Waals surface area contributed by atoms with Crippen LogP contribution >= 0.6 is 0 Å². The number of halogens is 1. The van der Waals surface area contributed by atoms with Gasteiger partial charge in [-0.2, -0.15) is 0 Å². The van der Waals surface area contributed by atoms with E-state index < -0.39 is 0 Å². The van der Waals surface area contributed by atoms with Crippen molar-refractivity contribution in [2.75, 3.05) is 0 Å². The van der Waals surface area contributed by atoms with Crippen molar-refractivity contribution in [3.05, 3.63) is 35.1 Å². The van der Waals surface area contributed by atoms with Crippen LogP contribution in [-0.4, -0.2) is 22.5 Å². The van der Waals surface area contributed by atoms with Crippen LogP contribution in [0.25, 0.3) is 0 Å². The van der Waals surface area contributed by atoms with Gasteiger partial charge in [-0.25, -0.2) is 0 Å². The third-order valence-electron chi connectivity index (χ3n) is 1.46. The van der Waals surface area contributed by atoms with E-state index in [2.05, 4.69) is 0 Å². The van der Waals surface area contributed by atoms with Gasteiger partial charge in [-0.05, 0) is 0 Å². The second-order valence-corrected chi connectivity index (χ2v) is 3.45. The van der Waals surface area contributed by atoms with Crippen LogP contribution in [0, 0.1) is 12.7 Å². The summed E-state index contributed by atoms with van der Waals surface area (Å²) in [5.41, 5.74) is 2.01. The second-order valence-electron chi connectivity index (χ2n) is 2.29. The molecule has 52 valence electrons. The predicted octanol–water partition coefficient (Wildman–Crippen LogP) is 1.53. The monoisotopic (exact) mass is 244 g/mol. The molecule has 0 atom stereocenters. The zero-order chi connectivity index (χ0) is 7.56. The minimum atomic E-state index is -0.0993. The molecule has 0 spiro atoms. The third kappa shape index (κ3) is 1.72. The Morgan fingerprint density at radius 1 is 1.50 bits per heavy atom. The zero-order valence-corrected chi connectivity index (χ0v) is 9.19. The molecule has 10 heavy (non-hydrogen) atoms. The van der Waals surface area contributed by atoms with Crippen LogP contribution in [0.2, 0.25) is 0 Å². The zero-order valence-electron chi connectivity index (χ0n) is 5.89. The summed E-state index contributed by atoms with van der Waals surface area (Å²) in [6.07, 6.45) is 0. The van der Waals surface area contributed by atoms with Crippen molar-refractivity contribution < 1.29 is 4.39 Å². The molecule has 0 amide bonds. The molecule has 0 heterocycles. The Balaban J connectivity index is 3.04. The normalized spacial score (nSPS) is 9.90. The SMILES string of the molecule is Cc1cc([CH2][SnH])ccc1F. The van der Waals surface area contributed by atoms with Gasteiger partial charge in [-0.3, -0.25) is 0 Å². The average molecular weight is 243 g/mol. The van der Waals surface area contributed by atoms with Gasteiger partial charge in [-0.1, -0.05) is 0 Å². The fourth-order valence-electron chi connectivity index (χ4n) is 0.834. The van der Waals surface area contributed by atoms with Gasteiger partial charge in [0, 0.05) is 0 Å². The summed E-state index contributed by atoms with van der Waals surface area (Å²) in [5, 5.41) is 0. The summed E-state index contributed by atoms with van der Waals surface area (Å²) in [6.45, 7) is 1.80. The minimum absolute atomic E-state index is 0.0993. The third-order valence-corrected chi connectivity index (χ3v) is 2.80. The van der Waals surface area contributed by atoms with E-state index in [1.165, 1.54) is 28.1 Å². The van der Waals surface area contributed by atoms with Crippen LogP contribution in [0.15, 0.2) is 18.2 Å². The standard InChI is InChI=1S/C8H8F.Sn.H/c1-6-3-4-8(9)7(2)5-6;;/h3-5H,1H2,2H3;;. The molecule has 0 N–H and O–H groups in total. The van der Waals surface area contributed by atoms with Crippen LogP contribution in [0.3, 0.4) is 0 Å². The molecule has 0 unspecified atom stereocenters. The van der Waals surface area contributed by atoms with Crippen molar-refractivity contribution in [2.24, 2.45) is 0 Å². The molecule has 0 aliphatic rings. The van der Waals surface area contributed by atoms with Gasteiger partial charge in [-0.15, -0.1) is 0 Å². The van der Waals surface area contributed by atoms with E-state index in [4.69, 9.17) is 0 Å². The van der Waals surface area contributed by atoms with Crippen molar-refractivity contribution in [1.82, 2.24) is 0 Å². The summed E-state index contributed by atoms with van der Waals surface area (Å²) in [6, 6.07) is 5.31. The van der Waals surface area contributed by atoms with Crippen LogP contribution in [0.5, 0.6) is 0 Å². The van der Waals surface area contributed by atoms with E-state index in [1.54, 1.807) is 13.0 Å². The first-order chi connectivity index (χ1) is 4.74. The first-order valence-electron chi connectivity index (χ1n) is 3.19. The second kappa shape index (κ2) is 3.37. The molecule has 0 aromatic heterocycles. The van der Waals surface area contributed by atoms with Gasteiger partial charge >= 0.3 is 73.4 Å². The summed E-state index contributed by atoms with van der Waals surface area (Å²) >= 11 is 1.21. The van der Waals surface area contributed by atoms with E-state index >= 15 is 0 Å². The van der Waals surface area contributed by atoms with Crippen LogP contribution in [0.1, 0.15) is 11.1 Å². The topological polar surface area (TPSA) is 0 Å². The molecule has 0 aliphatic carbocycles. The average Bonchev–Trinajstić information content (AvgIpc) is 1.95. The number of hydrogen-bond acceptors (Lipinski definition) is 0. The molecule has 0 nitrogen and oxygen atoms in total. The molecular formula is C8H9FSn. The van der Waals surface area contributed by atoms with Gasteiger partial charge in [0.15, 0.2) is 0 Å². The van der Waals surface area contributed by atoms with Crippen molar-refractivity contribution in [3.63, 3.8) is 0 Å². The summed E-state index contributed by atoms with van der Waals surface area (Å²) < 4.78 is 13.7. The Morgan fingerprint density at radius 2 is 2.20 bits per heavy atom. The molecule has 0 saturated heterocycles. The van der Waals surface area contributed by atoms with E-state index in [0.717, 1.165) is 10.0 Å². The Morgan fingerprint density at radius 3 is 2.70 bits per heavy atom. The van der Waals surface area contributed by atoms with Crippen LogP contribution < -0.4 is 0 Å². The van der Waals surface area contributed by atoms with E-state index in [9.17, 15) is 4.39 Å². The van der Waals surface area contributed by atoms with Gasteiger partial charge in [0.1, 0.15) is 0 Å². The maximum atomic E-state index is 12.6. The van der Waals surface area contributed by atoms with Crippen molar-refractivity contribution in [3.8, 4) is 0 Å².